The molecule has 0 heterocycles. The van der Waals surface area contributed by atoms with E-state index >= 15 is 0 Å². The van der Waals surface area contributed by atoms with Gasteiger partial charge in [0.05, 0.1) is 11.1 Å². The van der Waals surface area contributed by atoms with Gasteiger partial charge in [-0.05, 0) is 37.3 Å². The highest BCUT2D eigenvalue weighted by atomic mass is 35.5. The standard InChI is InChI=1S/C14H11ClF2O2/c1-8(18)10-7-9(16)5-6-12(10)19-13-4-2-3-11(15)14(13)17/h2-8,18H,1H3/t8-/m0/s1. The molecule has 0 saturated carbocycles. The van der Waals surface area contributed by atoms with Crippen molar-refractivity contribution in [1.82, 2.24) is 0 Å². The third-order valence-corrected chi connectivity index (χ3v) is 2.85. The Labute approximate surface area is 114 Å². The SMILES string of the molecule is C[C@H](O)c1cc(F)ccc1Oc1cccc(Cl)c1F. The molecule has 0 aliphatic carbocycles. The molecule has 0 saturated heterocycles. The van der Waals surface area contributed by atoms with Crippen molar-refractivity contribution >= 4 is 11.6 Å². The van der Waals surface area contributed by atoms with Gasteiger partial charge in [-0.1, -0.05) is 17.7 Å². The van der Waals surface area contributed by atoms with Gasteiger partial charge >= 0.3 is 0 Å². The maximum atomic E-state index is 13.7. The summed E-state index contributed by atoms with van der Waals surface area (Å²) in [6.07, 6.45) is -0.937. The minimum absolute atomic E-state index is 0.0711. The highest BCUT2D eigenvalue weighted by Gasteiger charge is 2.14. The van der Waals surface area contributed by atoms with Crippen LogP contribution in [0.25, 0.3) is 0 Å². The summed E-state index contributed by atoms with van der Waals surface area (Å²) in [7, 11) is 0. The van der Waals surface area contributed by atoms with E-state index in [9.17, 15) is 13.9 Å². The van der Waals surface area contributed by atoms with Crippen LogP contribution in [0.2, 0.25) is 5.02 Å². The van der Waals surface area contributed by atoms with Crippen molar-refractivity contribution < 1.29 is 18.6 Å². The molecule has 1 atom stereocenters. The average molecular weight is 285 g/mol. The van der Waals surface area contributed by atoms with Gasteiger partial charge in [-0.3, -0.25) is 0 Å². The molecule has 0 fully saturated rings. The van der Waals surface area contributed by atoms with E-state index in [4.69, 9.17) is 16.3 Å². The number of rotatable bonds is 3. The Hall–Kier alpha value is -1.65. The van der Waals surface area contributed by atoms with Crippen LogP contribution in [-0.4, -0.2) is 5.11 Å². The van der Waals surface area contributed by atoms with Crippen molar-refractivity contribution in [2.45, 2.75) is 13.0 Å². The van der Waals surface area contributed by atoms with Crippen LogP contribution >= 0.6 is 11.6 Å². The number of aliphatic hydroxyl groups excluding tert-OH is 1. The summed E-state index contributed by atoms with van der Waals surface area (Å²) in [6, 6.07) is 7.97. The highest BCUT2D eigenvalue weighted by molar-refractivity contribution is 6.30. The topological polar surface area (TPSA) is 29.5 Å². The summed E-state index contributed by atoms with van der Waals surface area (Å²) in [6.45, 7) is 1.47. The maximum Gasteiger partial charge on any atom is 0.184 e. The first-order valence-electron chi connectivity index (χ1n) is 5.58. The van der Waals surface area contributed by atoms with E-state index in [1.54, 1.807) is 0 Å². The predicted molar refractivity (Wildman–Crippen MR) is 68.5 cm³/mol. The first kappa shape index (κ1) is 13.8. The Morgan fingerprint density at radius 3 is 2.58 bits per heavy atom. The number of halogens is 3. The molecule has 2 aromatic carbocycles. The van der Waals surface area contributed by atoms with E-state index in [1.807, 2.05) is 0 Å². The summed E-state index contributed by atoms with van der Waals surface area (Å²) in [5.41, 5.74) is 0.236. The molecule has 0 radical (unpaired) electrons. The Balaban J connectivity index is 2.41. The van der Waals surface area contributed by atoms with E-state index in [0.717, 1.165) is 6.07 Å². The molecule has 0 aliphatic rings. The van der Waals surface area contributed by atoms with Gasteiger partial charge in [0.2, 0.25) is 0 Å². The molecular formula is C14H11ClF2O2. The zero-order valence-corrected chi connectivity index (χ0v) is 10.8. The lowest BCUT2D eigenvalue weighted by Gasteiger charge is -2.14. The Morgan fingerprint density at radius 2 is 1.89 bits per heavy atom. The molecule has 19 heavy (non-hydrogen) atoms. The molecule has 0 aliphatic heterocycles. The molecular weight excluding hydrogens is 274 g/mol. The van der Waals surface area contributed by atoms with Crippen molar-refractivity contribution in [3.63, 3.8) is 0 Å². The van der Waals surface area contributed by atoms with E-state index in [1.165, 1.54) is 37.3 Å². The van der Waals surface area contributed by atoms with Gasteiger partial charge < -0.3 is 9.84 Å². The molecule has 100 valence electrons. The van der Waals surface area contributed by atoms with Gasteiger partial charge in [0, 0.05) is 5.56 Å². The monoisotopic (exact) mass is 284 g/mol. The molecule has 0 amide bonds. The quantitative estimate of drug-likeness (QED) is 0.901. The van der Waals surface area contributed by atoms with Gasteiger partial charge in [-0.2, -0.15) is 0 Å². The zero-order valence-electron chi connectivity index (χ0n) is 10.0. The van der Waals surface area contributed by atoms with E-state index in [2.05, 4.69) is 0 Å². The molecule has 2 rings (SSSR count). The van der Waals surface area contributed by atoms with Crippen molar-refractivity contribution in [3.05, 3.63) is 58.6 Å². The molecule has 0 aromatic heterocycles. The molecule has 5 heteroatoms. The third-order valence-electron chi connectivity index (χ3n) is 2.56. The lowest BCUT2D eigenvalue weighted by atomic mass is 10.1. The maximum absolute atomic E-state index is 13.7. The number of aliphatic hydroxyl groups is 1. The number of hydrogen-bond donors (Lipinski definition) is 1. The van der Waals surface area contributed by atoms with E-state index in [-0.39, 0.29) is 22.1 Å². The average Bonchev–Trinajstić information content (AvgIpc) is 2.36. The molecule has 2 aromatic rings. The Bertz CT molecular complexity index is 600. The minimum Gasteiger partial charge on any atom is -0.454 e. The molecule has 0 unspecified atom stereocenters. The van der Waals surface area contributed by atoms with Gasteiger partial charge in [-0.15, -0.1) is 0 Å². The highest BCUT2D eigenvalue weighted by Crippen LogP contribution is 2.33. The molecule has 0 spiro atoms. The van der Waals surface area contributed by atoms with Crippen LogP contribution in [0.3, 0.4) is 0 Å². The van der Waals surface area contributed by atoms with Gasteiger partial charge in [-0.25, -0.2) is 8.78 Å². The van der Waals surface area contributed by atoms with Crippen molar-refractivity contribution in [1.29, 1.82) is 0 Å². The predicted octanol–water partition coefficient (Wildman–Crippen LogP) is 4.46. The van der Waals surface area contributed by atoms with Crippen LogP contribution in [0.4, 0.5) is 8.78 Å². The van der Waals surface area contributed by atoms with Crippen molar-refractivity contribution in [2.75, 3.05) is 0 Å². The summed E-state index contributed by atoms with van der Waals surface area (Å²) in [5, 5.41) is 9.49. The summed E-state index contributed by atoms with van der Waals surface area (Å²) < 4.78 is 32.2. The molecule has 1 N–H and O–H groups in total. The van der Waals surface area contributed by atoms with Crippen LogP contribution in [0, 0.1) is 11.6 Å². The first-order chi connectivity index (χ1) is 8.99. The fourth-order valence-corrected chi connectivity index (χ4v) is 1.79. The first-order valence-corrected chi connectivity index (χ1v) is 5.96. The minimum atomic E-state index is -0.937. The fourth-order valence-electron chi connectivity index (χ4n) is 1.62. The van der Waals surface area contributed by atoms with Gasteiger partial charge in [0.15, 0.2) is 11.6 Å². The van der Waals surface area contributed by atoms with Crippen LogP contribution in [0.5, 0.6) is 11.5 Å². The van der Waals surface area contributed by atoms with Crippen LogP contribution in [0.1, 0.15) is 18.6 Å². The lowest BCUT2D eigenvalue weighted by Crippen LogP contribution is -1.98. The zero-order chi connectivity index (χ0) is 14.0. The number of ether oxygens (including phenoxy) is 1. The largest absolute Gasteiger partial charge is 0.454 e. The third kappa shape index (κ3) is 3.03. The summed E-state index contributed by atoms with van der Waals surface area (Å²) in [4.78, 5) is 0. The Morgan fingerprint density at radius 1 is 1.16 bits per heavy atom. The van der Waals surface area contributed by atoms with E-state index < -0.39 is 17.7 Å². The Kier molecular flexibility index (Phi) is 4.02. The van der Waals surface area contributed by atoms with Crippen LogP contribution in [-0.2, 0) is 0 Å². The van der Waals surface area contributed by atoms with Gasteiger partial charge in [0.25, 0.3) is 0 Å². The fraction of sp³-hybridized carbons (Fsp3) is 0.143. The van der Waals surface area contributed by atoms with Crippen molar-refractivity contribution in [3.8, 4) is 11.5 Å². The second-order valence-electron chi connectivity index (χ2n) is 4.01. The lowest BCUT2D eigenvalue weighted by molar-refractivity contribution is 0.195. The summed E-state index contributed by atoms with van der Waals surface area (Å²) in [5.74, 6) is -1.11. The van der Waals surface area contributed by atoms with Crippen molar-refractivity contribution in [2.24, 2.45) is 0 Å². The number of hydrogen-bond acceptors (Lipinski definition) is 2. The number of benzene rings is 2. The normalized spacial score (nSPS) is 12.3. The van der Waals surface area contributed by atoms with Crippen LogP contribution in [0.15, 0.2) is 36.4 Å². The van der Waals surface area contributed by atoms with E-state index in [0.29, 0.717) is 0 Å². The van der Waals surface area contributed by atoms with Crippen LogP contribution < -0.4 is 4.74 Å². The smallest absolute Gasteiger partial charge is 0.184 e. The second-order valence-corrected chi connectivity index (χ2v) is 4.42. The molecule has 0 bridgehead atoms. The summed E-state index contributed by atoms with van der Waals surface area (Å²) >= 11 is 5.64. The van der Waals surface area contributed by atoms with Gasteiger partial charge in [0.1, 0.15) is 11.6 Å². The molecule has 2 nitrogen and oxygen atoms in total. The second kappa shape index (κ2) is 5.55.